The Morgan fingerprint density at radius 2 is 1.82 bits per heavy atom. The van der Waals surface area contributed by atoms with Crippen LogP contribution in [0.25, 0.3) is 22.2 Å². The molecule has 28 heavy (non-hydrogen) atoms. The third-order valence-corrected chi connectivity index (χ3v) is 4.93. The van der Waals surface area contributed by atoms with Crippen LogP contribution in [0.15, 0.2) is 60.9 Å². The van der Waals surface area contributed by atoms with Crippen molar-refractivity contribution < 1.29 is 4.74 Å². The van der Waals surface area contributed by atoms with E-state index in [1.54, 1.807) is 18.5 Å². The first-order valence-corrected chi connectivity index (χ1v) is 9.13. The molecule has 1 aliphatic carbocycles. The normalized spacial score (nSPS) is 13.4. The minimum absolute atomic E-state index is 0.297. The van der Waals surface area contributed by atoms with Gasteiger partial charge in [-0.05, 0) is 48.7 Å². The van der Waals surface area contributed by atoms with Crippen molar-refractivity contribution in [2.24, 2.45) is 0 Å². The highest BCUT2D eigenvalue weighted by molar-refractivity contribution is 5.95. The third-order valence-electron chi connectivity index (χ3n) is 4.93. The smallest absolute Gasteiger partial charge is 0.321 e. The standard InChI is InChI=1S/C22H17N5O/c23-13-19-18-9-8-17(28-22-25-10-1-11-26-22)12-20(18)27(16-6-7-16)21(19)14-2-4-15(24)5-3-14/h1-5,8-12,16H,6-7,24H2. The lowest BCUT2D eigenvalue weighted by Gasteiger charge is -2.11. The number of ether oxygens (including phenoxy) is 1. The molecule has 4 aromatic rings. The first-order chi connectivity index (χ1) is 13.7. The Balaban J connectivity index is 1.70. The second kappa shape index (κ2) is 6.39. The third kappa shape index (κ3) is 2.74. The van der Waals surface area contributed by atoms with E-state index in [0.717, 1.165) is 35.0 Å². The fourth-order valence-corrected chi connectivity index (χ4v) is 3.55. The Hall–Kier alpha value is -3.85. The fourth-order valence-electron chi connectivity index (χ4n) is 3.55. The average molecular weight is 367 g/mol. The molecule has 0 spiro atoms. The van der Waals surface area contributed by atoms with E-state index in [4.69, 9.17) is 10.5 Å². The summed E-state index contributed by atoms with van der Waals surface area (Å²) in [5, 5.41) is 10.8. The highest BCUT2D eigenvalue weighted by atomic mass is 16.5. The van der Waals surface area contributed by atoms with E-state index >= 15 is 0 Å². The van der Waals surface area contributed by atoms with Crippen LogP contribution in [-0.2, 0) is 0 Å². The molecule has 0 amide bonds. The first kappa shape index (κ1) is 16.3. The summed E-state index contributed by atoms with van der Waals surface area (Å²) in [5.41, 5.74) is 10.1. The van der Waals surface area contributed by atoms with Gasteiger partial charge in [0.2, 0.25) is 0 Å². The fraction of sp³-hybridized carbons (Fsp3) is 0.136. The monoisotopic (exact) mass is 367 g/mol. The minimum atomic E-state index is 0.297. The molecule has 6 nitrogen and oxygen atoms in total. The van der Waals surface area contributed by atoms with Crippen LogP contribution in [0.2, 0.25) is 0 Å². The Kier molecular flexibility index (Phi) is 3.73. The van der Waals surface area contributed by atoms with Crippen molar-refractivity contribution in [2.75, 3.05) is 5.73 Å². The van der Waals surface area contributed by atoms with Crippen LogP contribution in [-0.4, -0.2) is 14.5 Å². The molecule has 0 radical (unpaired) electrons. The van der Waals surface area contributed by atoms with Crippen LogP contribution in [0.3, 0.4) is 0 Å². The van der Waals surface area contributed by atoms with E-state index in [-0.39, 0.29) is 0 Å². The largest absolute Gasteiger partial charge is 0.424 e. The zero-order chi connectivity index (χ0) is 19.1. The van der Waals surface area contributed by atoms with Crippen molar-refractivity contribution >= 4 is 16.6 Å². The number of nitrogen functional groups attached to an aromatic ring is 1. The van der Waals surface area contributed by atoms with Gasteiger partial charge in [-0.15, -0.1) is 0 Å². The predicted octanol–water partition coefficient (Wildman–Crippen LogP) is 4.68. The van der Waals surface area contributed by atoms with Gasteiger partial charge in [-0.25, -0.2) is 9.97 Å². The molecular weight excluding hydrogens is 350 g/mol. The van der Waals surface area contributed by atoms with Gasteiger partial charge in [0.25, 0.3) is 0 Å². The molecule has 5 rings (SSSR count). The topological polar surface area (TPSA) is 89.8 Å². The predicted molar refractivity (Wildman–Crippen MR) is 107 cm³/mol. The van der Waals surface area contributed by atoms with Gasteiger partial charge < -0.3 is 15.0 Å². The van der Waals surface area contributed by atoms with E-state index in [9.17, 15) is 5.26 Å². The quantitative estimate of drug-likeness (QED) is 0.529. The summed E-state index contributed by atoms with van der Waals surface area (Å²) >= 11 is 0. The van der Waals surface area contributed by atoms with Crippen molar-refractivity contribution in [1.82, 2.24) is 14.5 Å². The summed E-state index contributed by atoms with van der Waals surface area (Å²) in [6.45, 7) is 0. The van der Waals surface area contributed by atoms with Gasteiger partial charge in [-0.3, -0.25) is 0 Å². The number of benzene rings is 2. The van der Waals surface area contributed by atoms with Crippen LogP contribution < -0.4 is 10.5 Å². The number of nitriles is 1. The van der Waals surface area contributed by atoms with Crippen molar-refractivity contribution in [1.29, 1.82) is 5.26 Å². The van der Waals surface area contributed by atoms with Gasteiger partial charge >= 0.3 is 6.01 Å². The van der Waals surface area contributed by atoms with Gasteiger partial charge in [0.15, 0.2) is 0 Å². The highest BCUT2D eigenvalue weighted by Gasteiger charge is 2.30. The second-order valence-corrected chi connectivity index (χ2v) is 6.87. The maximum Gasteiger partial charge on any atom is 0.321 e. The second-order valence-electron chi connectivity index (χ2n) is 6.87. The molecule has 0 saturated heterocycles. The molecule has 2 aromatic heterocycles. The number of aromatic nitrogens is 3. The summed E-state index contributed by atoms with van der Waals surface area (Å²) in [4.78, 5) is 8.23. The van der Waals surface area contributed by atoms with E-state index in [1.165, 1.54) is 0 Å². The summed E-state index contributed by atoms with van der Waals surface area (Å²) in [7, 11) is 0. The number of nitrogens with two attached hydrogens (primary N) is 1. The number of anilines is 1. The van der Waals surface area contributed by atoms with Crippen LogP contribution >= 0.6 is 0 Å². The van der Waals surface area contributed by atoms with Crippen molar-refractivity contribution in [3.05, 3.63) is 66.5 Å². The van der Waals surface area contributed by atoms with Crippen molar-refractivity contribution in [2.45, 2.75) is 18.9 Å². The SMILES string of the molecule is N#Cc1c(-c2ccc(N)cc2)n(C2CC2)c2cc(Oc3ncccn3)ccc12. The van der Waals surface area contributed by atoms with Crippen LogP contribution in [0.4, 0.5) is 5.69 Å². The van der Waals surface area contributed by atoms with Crippen LogP contribution in [0, 0.1) is 11.3 Å². The number of fused-ring (bicyclic) bond motifs is 1. The molecule has 0 atom stereocenters. The maximum atomic E-state index is 9.91. The molecule has 6 heteroatoms. The molecule has 1 fully saturated rings. The van der Waals surface area contributed by atoms with Crippen molar-refractivity contribution in [3.63, 3.8) is 0 Å². The van der Waals surface area contributed by atoms with Crippen LogP contribution in [0.5, 0.6) is 11.8 Å². The number of rotatable bonds is 4. The lowest BCUT2D eigenvalue weighted by molar-refractivity contribution is 0.442. The maximum absolute atomic E-state index is 9.91. The molecule has 0 bridgehead atoms. The summed E-state index contributed by atoms with van der Waals surface area (Å²) in [5.74, 6) is 0.645. The molecule has 2 N–H and O–H groups in total. The zero-order valence-electron chi connectivity index (χ0n) is 15.0. The highest BCUT2D eigenvalue weighted by Crippen LogP contribution is 2.45. The lowest BCUT2D eigenvalue weighted by atomic mass is 10.1. The van der Waals surface area contributed by atoms with E-state index in [0.29, 0.717) is 29.1 Å². The first-order valence-electron chi connectivity index (χ1n) is 9.13. The minimum Gasteiger partial charge on any atom is -0.424 e. The molecule has 1 aliphatic rings. The number of nitrogens with zero attached hydrogens (tertiary/aromatic N) is 4. The number of hydrogen-bond donors (Lipinski definition) is 1. The lowest BCUT2D eigenvalue weighted by Crippen LogP contribution is -1.98. The summed E-state index contributed by atoms with van der Waals surface area (Å²) in [6, 6.07) is 18.3. The van der Waals surface area contributed by atoms with E-state index in [1.807, 2.05) is 42.5 Å². The molecule has 0 aliphatic heterocycles. The Bertz CT molecular complexity index is 1200. The van der Waals surface area contributed by atoms with E-state index < -0.39 is 0 Å². The van der Waals surface area contributed by atoms with Gasteiger partial charge in [0.1, 0.15) is 11.8 Å². The van der Waals surface area contributed by atoms with Gasteiger partial charge in [-0.1, -0.05) is 12.1 Å². The molecule has 1 saturated carbocycles. The Labute approximate surface area is 161 Å². The molecular formula is C22H17N5O. The molecule has 2 heterocycles. The number of hydrogen-bond acceptors (Lipinski definition) is 5. The average Bonchev–Trinajstić information content (AvgIpc) is 3.51. The Morgan fingerprint density at radius 3 is 2.50 bits per heavy atom. The molecule has 2 aromatic carbocycles. The van der Waals surface area contributed by atoms with E-state index in [2.05, 4.69) is 20.6 Å². The van der Waals surface area contributed by atoms with Crippen molar-refractivity contribution in [3.8, 4) is 29.1 Å². The molecule has 0 unspecified atom stereocenters. The van der Waals surface area contributed by atoms with Crippen LogP contribution in [0.1, 0.15) is 24.4 Å². The Morgan fingerprint density at radius 1 is 1.07 bits per heavy atom. The summed E-state index contributed by atoms with van der Waals surface area (Å²) < 4.78 is 8.07. The van der Waals surface area contributed by atoms with Gasteiger partial charge in [0.05, 0.1) is 16.8 Å². The molecule has 136 valence electrons. The summed E-state index contributed by atoms with van der Waals surface area (Å²) in [6.07, 6.45) is 5.48. The van der Waals surface area contributed by atoms with Gasteiger partial charge in [-0.2, -0.15) is 5.26 Å². The van der Waals surface area contributed by atoms with Gasteiger partial charge in [0, 0.05) is 35.6 Å². The zero-order valence-corrected chi connectivity index (χ0v) is 15.0.